The number of nitrogens with one attached hydrogen (secondary N) is 1. The van der Waals surface area contributed by atoms with E-state index in [9.17, 15) is 8.42 Å². The van der Waals surface area contributed by atoms with Gasteiger partial charge < -0.3 is 5.73 Å². The van der Waals surface area contributed by atoms with Crippen LogP contribution in [0.25, 0.3) is 0 Å². The van der Waals surface area contributed by atoms with Crippen molar-refractivity contribution in [3.63, 3.8) is 0 Å². The predicted molar refractivity (Wildman–Crippen MR) is 83.6 cm³/mol. The lowest BCUT2D eigenvalue weighted by Crippen LogP contribution is -2.14. The summed E-state index contributed by atoms with van der Waals surface area (Å²) in [6, 6.07) is 12.0. The highest BCUT2D eigenvalue weighted by atomic mass is 32.2. The SMILES string of the molecule is Cc1cccc(NS(=O)(=O)c2ccc(CCCN)cc2)n1. The van der Waals surface area contributed by atoms with Crippen LogP contribution in [0.3, 0.4) is 0 Å². The molecule has 0 aliphatic rings. The molecule has 112 valence electrons. The summed E-state index contributed by atoms with van der Waals surface area (Å²) in [4.78, 5) is 4.36. The lowest BCUT2D eigenvalue weighted by molar-refractivity contribution is 0.601. The number of aromatic nitrogens is 1. The van der Waals surface area contributed by atoms with Crippen molar-refractivity contribution < 1.29 is 8.42 Å². The smallest absolute Gasteiger partial charge is 0.263 e. The lowest BCUT2D eigenvalue weighted by Gasteiger charge is -2.08. The molecule has 6 heteroatoms. The normalized spacial score (nSPS) is 11.3. The van der Waals surface area contributed by atoms with Crippen LogP contribution >= 0.6 is 0 Å². The van der Waals surface area contributed by atoms with Gasteiger partial charge >= 0.3 is 0 Å². The number of nitrogens with two attached hydrogens (primary N) is 1. The van der Waals surface area contributed by atoms with Crippen molar-refractivity contribution in [1.29, 1.82) is 0 Å². The molecule has 0 radical (unpaired) electrons. The van der Waals surface area contributed by atoms with E-state index in [1.165, 1.54) is 0 Å². The van der Waals surface area contributed by atoms with E-state index in [1.54, 1.807) is 24.3 Å². The topological polar surface area (TPSA) is 85.1 Å². The highest BCUT2D eigenvalue weighted by Crippen LogP contribution is 2.16. The molecule has 5 nitrogen and oxygen atoms in total. The second-order valence-electron chi connectivity index (χ2n) is 4.81. The van der Waals surface area contributed by atoms with Gasteiger partial charge in [-0.3, -0.25) is 4.72 Å². The maximum absolute atomic E-state index is 12.3. The fraction of sp³-hybridized carbons (Fsp3) is 0.267. The summed E-state index contributed by atoms with van der Waals surface area (Å²) in [6.45, 7) is 2.44. The van der Waals surface area contributed by atoms with Gasteiger partial charge in [-0.1, -0.05) is 18.2 Å². The molecule has 1 aromatic carbocycles. The quantitative estimate of drug-likeness (QED) is 0.855. The van der Waals surface area contributed by atoms with Gasteiger partial charge in [0.05, 0.1) is 4.90 Å². The Kier molecular flexibility index (Phi) is 4.93. The van der Waals surface area contributed by atoms with Crippen LogP contribution in [0.1, 0.15) is 17.7 Å². The van der Waals surface area contributed by atoms with Gasteiger partial charge in [0.15, 0.2) is 0 Å². The second kappa shape index (κ2) is 6.69. The third kappa shape index (κ3) is 4.27. The standard InChI is InChI=1S/C15H19N3O2S/c1-12-4-2-6-15(17-12)18-21(19,20)14-9-7-13(8-10-14)5-3-11-16/h2,4,6-10H,3,5,11,16H2,1H3,(H,17,18). The Morgan fingerprint density at radius 1 is 1.14 bits per heavy atom. The minimum Gasteiger partial charge on any atom is -0.330 e. The van der Waals surface area contributed by atoms with Crippen LogP contribution in [0.5, 0.6) is 0 Å². The molecule has 0 unspecified atom stereocenters. The number of rotatable bonds is 6. The molecule has 3 N–H and O–H groups in total. The Bertz CT molecular complexity index is 697. The van der Waals surface area contributed by atoms with E-state index in [0.29, 0.717) is 12.4 Å². The van der Waals surface area contributed by atoms with Gasteiger partial charge in [0, 0.05) is 5.69 Å². The van der Waals surface area contributed by atoms with Crippen LogP contribution in [0.4, 0.5) is 5.82 Å². The Balaban J connectivity index is 2.15. The molecular weight excluding hydrogens is 286 g/mol. The van der Waals surface area contributed by atoms with Crippen molar-refractivity contribution >= 4 is 15.8 Å². The molecule has 0 saturated carbocycles. The summed E-state index contributed by atoms with van der Waals surface area (Å²) in [7, 11) is -3.60. The first-order valence-corrected chi connectivity index (χ1v) is 8.25. The number of benzene rings is 1. The van der Waals surface area contributed by atoms with Gasteiger partial charge in [-0.25, -0.2) is 13.4 Å². The van der Waals surface area contributed by atoms with Crippen LogP contribution in [0, 0.1) is 6.92 Å². The van der Waals surface area contributed by atoms with Gasteiger partial charge in [-0.2, -0.15) is 0 Å². The van der Waals surface area contributed by atoms with Crippen molar-refractivity contribution in [2.24, 2.45) is 5.73 Å². The molecule has 2 rings (SSSR count). The highest BCUT2D eigenvalue weighted by Gasteiger charge is 2.14. The van der Waals surface area contributed by atoms with E-state index in [-0.39, 0.29) is 4.90 Å². The summed E-state index contributed by atoms with van der Waals surface area (Å²) >= 11 is 0. The number of nitrogens with zero attached hydrogens (tertiary/aromatic N) is 1. The number of sulfonamides is 1. The van der Waals surface area contributed by atoms with Gasteiger partial charge in [0.2, 0.25) is 0 Å². The fourth-order valence-electron chi connectivity index (χ4n) is 1.94. The lowest BCUT2D eigenvalue weighted by atomic mass is 10.1. The molecule has 0 saturated heterocycles. The summed E-state index contributed by atoms with van der Waals surface area (Å²) < 4.78 is 27.0. The minimum atomic E-state index is -3.60. The summed E-state index contributed by atoms with van der Waals surface area (Å²) in [5.41, 5.74) is 7.29. The molecule has 0 amide bonds. The third-order valence-electron chi connectivity index (χ3n) is 3.03. The van der Waals surface area contributed by atoms with Crippen LogP contribution in [0.15, 0.2) is 47.4 Å². The maximum atomic E-state index is 12.3. The highest BCUT2D eigenvalue weighted by molar-refractivity contribution is 7.92. The van der Waals surface area contributed by atoms with Crippen molar-refractivity contribution in [3.05, 3.63) is 53.7 Å². The largest absolute Gasteiger partial charge is 0.330 e. The average Bonchev–Trinajstić information content (AvgIpc) is 2.45. The molecule has 2 aromatic rings. The first-order chi connectivity index (χ1) is 10.0. The van der Waals surface area contributed by atoms with E-state index >= 15 is 0 Å². The Morgan fingerprint density at radius 2 is 1.86 bits per heavy atom. The van der Waals surface area contributed by atoms with Gasteiger partial charge in [0.1, 0.15) is 5.82 Å². The van der Waals surface area contributed by atoms with E-state index in [1.807, 2.05) is 25.1 Å². The minimum absolute atomic E-state index is 0.224. The molecular formula is C15H19N3O2S. The van der Waals surface area contributed by atoms with E-state index in [0.717, 1.165) is 24.1 Å². The molecule has 1 heterocycles. The van der Waals surface area contributed by atoms with E-state index in [2.05, 4.69) is 9.71 Å². The molecule has 0 atom stereocenters. The Morgan fingerprint density at radius 3 is 2.48 bits per heavy atom. The number of aryl methyl sites for hydroxylation is 2. The first-order valence-electron chi connectivity index (χ1n) is 6.77. The number of hydrogen-bond acceptors (Lipinski definition) is 4. The number of anilines is 1. The zero-order valence-corrected chi connectivity index (χ0v) is 12.7. The zero-order valence-electron chi connectivity index (χ0n) is 11.9. The van der Waals surface area contributed by atoms with Crippen molar-refractivity contribution in [2.45, 2.75) is 24.7 Å². The van der Waals surface area contributed by atoms with Crippen molar-refractivity contribution in [2.75, 3.05) is 11.3 Å². The van der Waals surface area contributed by atoms with Gasteiger partial charge in [-0.05, 0) is 56.1 Å². The van der Waals surface area contributed by atoms with E-state index < -0.39 is 10.0 Å². The molecule has 21 heavy (non-hydrogen) atoms. The fourth-order valence-corrected chi connectivity index (χ4v) is 2.94. The predicted octanol–water partition coefficient (Wildman–Crippen LogP) is 2.08. The van der Waals surface area contributed by atoms with Crippen LogP contribution in [-0.4, -0.2) is 19.9 Å². The van der Waals surface area contributed by atoms with Crippen LogP contribution in [0.2, 0.25) is 0 Å². The second-order valence-corrected chi connectivity index (χ2v) is 6.49. The molecule has 1 aromatic heterocycles. The van der Waals surface area contributed by atoms with Crippen LogP contribution in [-0.2, 0) is 16.4 Å². The number of pyridine rings is 1. The van der Waals surface area contributed by atoms with Gasteiger partial charge in [0.25, 0.3) is 10.0 Å². The van der Waals surface area contributed by atoms with Crippen molar-refractivity contribution in [3.8, 4) is 0 Å². The maximum Gasteiger partial charge on any atom is 0.263 e. The summed E-state index contributed by atoms with van der Waals surface area (Å²) in [5, 5.41) is 0. The molecule has 0 spiro atoms. The Labute approximate surface area is 125 Å². The van der Waals surface area contributed by atoms with Crippen LogP contribution < -0.4 is 10.5 Å². The molecule has 0 bridgehead atoms. The zero-order chi connectivity index (χ0) is 15.3. The van der Waals surface area contributed by atoms with Crippen molar-refractivity contribution in [1.82, 2.24) is 4.98 Å². The van der Waals surface area contributed by atoms with Gasteiger partial charge in [-0.15, -0.1) is 0 Å². The third-order valence-corrected chi connectivity index (χ3v) is 4.40. The van der Waals surface area contributed by atoms with E-state index in [4.69, 9.17) is 5.73 Å². The summed E-state index contributed by atoms with van der Waals surface area (Å²) in [5.74, 6) is 0.321. The summed E-state index contributed by atoms with van der Waals surface area (Å²) in [6.07, 6.45) is 1.74. The monoisotopic (exact) mass is 305 g/mol. The molecule has 0 aliphatic heterocycles. The first kappa shape index (κ1) is 15.5. The Hall–Kier alpha value is -1.92. The molecule has 0 fully saturated rings. The average molecular weight is 305 g/mol. The number of hydrogen-bond donors (Lipinski definition) is 2. The molecule has 0 aliphatic carbocycles.